The molecule has 1 amide bonds. The molecule has 7 heteroatoms. The van der Waals surface area contributed by atoms with Gasteiger partial charge in [-0.15, -0.1) is 10.2 Å². The van der Waals surface area contributed by atoms with Crippen molar-refractivity contribution < 1.29 is 9.53 Å². The van der Waals surface area contributed by atoms with Crippen molar-refractivity contribution in [1.29, 1.82) is 0 Å². The predicted octanol–water partition coefficient (Wildman–Crippen LogP) is 2.29. The summed E-state index contributed by atoms with van der Waals surface area (Å²) in [6.45, 7) is 8.71. The van der Waals surface area contributed by atoms with Crippen molar-refractivity contribution in [2.45, 2.75) is 13.8 Å². The summed E-state index contributed by atoms with van der Waals surface area (Å²) in [5.74, 6) is 1.64. The summed E-state index contributed by atoms with van der Waals surface area (Å²) in [6.07, 6.45) is 0. The number of rotatable bonds is 6. The summed E-state index contributed by atoms with van der Waals surface area (Å²) in [6, 6.07) is 11.7. The van der Waals surface area contributed by atoms with Crippen LogP contribution in [0.25, 0.3) is 0 Å². The number of amides is 1. The van der Waals surface area contributed by atoms with Crippen molar-refractivity contribution in [3.05, 3.63) is 42.1 Å². The third-order valence-corrected chi connectivity index (χ3v) is 4.95. The first kappa shape index (κ1) is 18.9. The van der Waals surface area contributed by atoms with Crippen molar-refractivity contribution in [3.8, 4) is 5.75 Å². The average molecular weight is 369 g/mol. The third-order valence-electron chi connectivity index (χ3n) is 4.95. The van der Waals surface area contributed by atoms with E-state index in [1.165, 1.54) is 0 Å². The van der Waals surface area contributed by atoms with Crippen LogP contribution in [0, 0.1) is 0 Å². The number of piperazine rings is 1. The number of benzene rings is 1. The Labute approximate surface area is 160 Å². The molecule has 7 nitrogen and oxygen atoms in total. The van der Waals surface area contributed by atoms with Crippen LogP contribution in [0.5, 0.6) is 5.75 Å². The van der Waals surface area contributed by atoms with Gasteiger partial charge in [0.2, 0.25) is 0 Å². The van der Waals surface area contributed by atoms with Gasteiger partial charge in [0.15, 0.2) is 11.5 Å². The van der Waals surface area contributed by atoms with Crippen LogP contribution in [-0.2, 0) is 0 Å². The number of nitrogens with zero attached hydrogens (tertiary/aromatic N) is 5. The minimum atomic E-state index is -0.0694. The van der Waals surface area contributed by atoms with Gasteiger partial charge in [0.1, 0.15) is 5.75 Å². The zero-order valence-corrected chi connectivity index (χ0v) is 16.3. The molecule has 1 aromatic carbocycles. The van der Waals surface area contributed by atoms with E-state index in [0.29, 0.717) is 18.8 Å². The summed E-state index contributed by atoms with van der Waals surface area (Å²) in [5.41, 5.74) is 1.51. The highest BCUT2D eigenvalue weighted by atomic mass is 16.5. The van der Waals surface area contributed by atoms with Crippen LogP contribution >= 0.6 is 0 Å². The van der Waals surface area contributed by atoms with Crippen molar-refractivity contribution in [3.63, 3.8) is 0 Å². The van der Waals surface area contributed by atoms with E-state index < -0.39 is 0 Å². The fraction of sp³-hybridized carbons (Fsp3) is 0.450. The van der Waals surface area contributed by atoms with Crippen LogP contribution in [0.2, 0.25) is 0 Å². The summed E-state index contributed by atoms with van der Waals surface area (Å²) in [5, 5.41) is 8.45. The maximum absolute atomic E-state index is 12.3. The van der Waals surface area contributed by atoms with Gasteiger partial charge >= 0.3 is 0 Å². The molecular weight excluding hydrogens is 342 g/mol. The van der Waals surface area contributed by atoms with E-state index >= 15 is 0 Å². The van der Waals surface area contributed by atoms with Gasteiger partial charge in [-0.3, -0.25) is 4.79 Å². The fourth-order valence-corrected chi connectivity index (χ4v) is 3.35. The zero-order chi connectivity index (χ0) is 19.2. The van der Waals surface area contributed by atoms with Gasteiger partial charge < -0.3 is 19.4 Å². The molecule has 0 spiro atoms. The smallest absolute Gasteiger partial charge is 0.274 e. The maximum Gasteiger partial charge on any atom is 0.274 e. The molecule has 0 unspecified atom stereocenters. The van der Waals surface area contributed by atoms with Gasteiger partial charge in [0, 0.05) is 39.3 Å². The molecule has 1 saturated heterocycles. The molecule has 0 saturated carbocycles. The topological polar surface area (TPSA) is 61.8 Å². The average Bonchev–Trinajstić information content (AvgIpc) is 2.74. The first-order valence-corrected chi connectivity index (χ1v) is 9.43. The van der Waals surface area contributed by atoms with E-state index in [4.69, 9.17) is 4.74 Å². The monoisotopic (exact) mass is 369 g/mol. The summed E-state index contributed by atoms with van der Waals surface area (Å²) < 4.78 is 5.47. The number of hydrogen-bond donors (Lipinski definition) is 0. The first-order valence-electron chi connectivity index (χ1n) is 9.43. The Bertz CT molecular complexity index is 753. The van der Waals surface area contributed by atoms with Gasteiger partial charge in [-0.05, 0) is 38.1 Å². The van der Waals surface area contributed by atoms with Gasteiger partial charge in [0.05, 0.1) is 12.8 Å². The number of hydrogen-bond acceptors (Lipinski definition) is 6. The highest BCUT2D eigenvalue weighted by Crippen LogP contribution is 2.28. The lowest BCUT2D eigenvalue weighted by molar-refractivity contribution is 0.0766. The number of anilines is 2. The molecule has 0 aliphatic carbocycles. The quantitative estimate of drug-likeness (QED) is 0.779. The van der Waals surface area contributed by atoms with Crippen molar-refractivity contribution in [1.82, 2.24) is 15.1 Å². The zero-order valence-electron chi connectivity index (χ0n) is 16.3. The predicted molar refractivity (Wildman–Crippen MR) is 107 cm³/mol. The normalized spacial score (nSPS) is 14.2. The van der Waals surface area contributed by atoms with Crippen LogP contribution in [-0.4, -0.2) is 67.4 Å². The molecule has 2 heterocycles. The number of carbonyl (C=O) groups is 1. The molecule has 0 bridgehead atoms. The Hall–Kier alpha value is -2.83. The number of para-hydroxylation sites is 2. The van der Waals surface area contributed by atoms with Crippen molar-refractivity contribution >= 4 is 17.4 Å². The number of carbonyl (C=O) groups excluding carboxylic acids is 1. The van der Waals surface area contributed by atoms with E-state index in [9.17, 15) is 4.79 Å². The Morgan fingerprint density at radius 2 is 1.67 bits per heavy atom. The van der Waals surface area contributed by atoms with Crippen LogP contribution < -0.4 is 14.5 Å². The summed E-state index contributed by atoms with van der Waals surface area (Å²) in [7, 11) is 1.70. The lowest BCUT2D eigenvalue weighted by atomic mass is 10.2. The minimum Gasteiger partial charge on any atom is -0.495 e. The van der Waals surface area contributed by atoms with Crippen molar-refractivity contribution in [2.24, 2.45) is 0 Å². The van der Waals surface area contributed by atoms with Gasteiger partial charge in [-0.1, -0.05) is 12.1 Å². The molecule has 0 N–H and O–H groups in total. The van der Waals surface area contributed by atoms with Crippen LogP contribution in [0.4, 0.5) is 11.5 Å². The largest absolute Gasteiger partial charge is 0.495 e. The van der Waals surface area contributed by atoms with E-state index in [1.807, 2.05) is 38.1 Å². The van der Waals surface area contributed by atoms with E-state index in [-0.39, 0.29) is 5.91 Å². The molecule has 1 fully saturated rings. The molecule has 1 aliphatic rings. The third kappa shape index (κ3) is 4.13. The molecule has 27 heavy (non-hydrogen) atoms. The Balaban J connectivity index is 1.64. The molecule has 0 atom stereocenters. The standard InChI is InChI=1S/C20H27N5O2/c1-4-23(5-2)20(26)16-10-11-19(22-21-16)25-14-12-24(13-15-25)17-8-6-7-9-18(17)27-3/h6-11H,4-5,12-15H2,1-3H3. The van der Waals surface area contributed by atoms with Gasteiger partial charge in [-0.2, -0.15) is 0 Å². The lowest BCUT2D eigenvalue weighted by Crippen LogP contribution is -2.47. The molecule has 0 radical (unpaired) electrons. The lowest BCUT2D eigenvalue weighted by Gasteiger charge is -2.37. The van der Waals surface area contributed by atoms with E-state index in [2.05, 4.69) is 26.1 Å². The fourth-order valence-electron chi connectivity index (χ4n) is 3.35. The maximum atomic E-state index is 12.3. The highest BCUT2D eigenvalue weighted by Gasteiger charge is 2.21. The SMILES string of the molecule is CCN(CC)C(=O)c1ccc(N2CCN(c3ccccc3OC)CC2)nn1. The molecule has 144 valence electrons. The Morgan fingerprint density at radius 1 is 1.00 bits per heavy atom. The minimum absolute atomic E-state index is 0.0694. The van der Waals surface area contributed by atoms with Crippen LogP contribution in [0.1, 0.15) is 24.3 Å². The Morgan fingerprint density at radius 3 is 2.26 bits per heavy atom. The Kier molecular flexibility index (Phi) is 6.11. The van der Waals surface area contributed by atoms with E-state index in [0.717, 1.165) is 43.4 Å². The van der Waals surface area contributed by atoms with Crippen molar-refractivity contribution in [2.75, 3.05) is 56.2 Å². The summed E-state index contributed by atoms with van der Waals surface area (Å²) >= 11 is 0. The van der Waals surface area contributed by atoms with Gasteiger partial charge in [0.25, 0.3) is 5.91 Å². The van der Waals surface area contributed by atoms with Gasteiger partial charge in [-0.25, -0.2) is 0 Å². The molecule has 3 rings (SSSR count). The number of ether oxygens (including phenoxy) is 1. The summed E-state index contributed by atoms with van der Waals surface area (Å²) in [4.78, 5) is 18.6. The molecular formula is C20H27N5O2. The van der Waals surface area contributed by atoms with Crippen LogP contribution in [0.15, 0.2) is 36.4 Å². The second-order valence-corrected chi connectivity index (χ2v) is 6.40. The molecule has 2 aromatic rings. The molecule has 1 aliphatic heterocycles. The number of aromatic nitrogens is 2. The second-order valence-electron chi connectivity index (χ2n) is 6.40. The first-order chi connectivity index (χ1) is 13.2. The highest BCUT2D eigenvalue weighted by molar-refractivity contribution is 5.92. The second kappa shape index (κ2) is 8.70. The van der Waals surface area contributed by atoms with E-state index in [1.54, 1.807) is 18.1 Å². The molecule has 1 aromatic heterocycles. The number of methoxy groups -OCH3 is 1. The van der Waals surface area contributed by atoms with Crippen LogP contribution in [0.3, 0.4) is 0 Å².